The van der Waals surface area contributed by atoms with Crippen LogP contribution in [-0.2, 0) is 13.1 Å². The summed E-state index contributed by atoms with van der Waals surface area (Å²) < 4.78 is 5.13. The van der Waals surface area contributed by atoms with Crippen LogP contribution in [0.2, 0.25) is 0 Å². The Balaban J connectivity index is 1.83. The second-order valence-corrected chi connectivity index (χ2v) is 4.95. The summed E-state index contributed by atoms with van der Waals surface area (Å²) in [7, 11) is 1.60. The lowest BCUT2D eigenvalue weighted by Gasteiger charge is -2.09. The van der Waals surface area contributed by atoms with E-state index < -0.39 is 5.91 Å². The summed E-state index contributed by atoms with van der Waals surface area (Å²) >= 11 is 0. The Hall–Kier alpha value is -3.02. The molecule has 0 bridgehead atoms. The van der Waals surface area contributed by atoms with Gasteiger partial charge in [0.2, 0.25) is 5.91 Å². The first-order valence-corrected chi connectivity index (χ1v) is 7.12. The molecule has 120 valence electrons. The molecule has 0 aliphatic rings. The summed E-state index contributed by atoms with van der Waals surface area (Å²) in [6.07, 6.45) is 0. The molecule has 23 heavy (non-hydrogen) atoms. The van der Waals surface area contributed by atoms with Gasteiger partial charge in [-0.25, -0.2) is 4.79 Å². The van der Waals surface area contributed by atoms with Gasteiger partial charge in [-0.3, -0.25) is 4.79 Å². The van der Waals surface area contributed by atoms with Gasteiger partial charge in [0.05, 0.1) is 7.11 Å². The summed E-state index contributed by atoms with van der Waals surface area (Å²) in [5.74, 6) is 0.252. The van der Waals surface area contributed by atoms with Gasteiger partial charge in [0.1, 0.15) is 5.75 Å². The van der Waals surface area contributed by atoms with Crippen molar-refractivity contribution in [1.29, 1.82) is 0 Å². The molecule has 2 aromatic carbocycles. The van der Waals surface area contributed by atoms with E-state index in [1.807, 2.05) is 30.3 Å². The van der Waals surface area contributed by atoms with Gasteiger partial charge in [0.15, 0.2) is 0 Å². The molecule has 0 aromatic heterocycles. The first-order valence-electron chi connectivity index (χ1n) is 7.12. The van der Waals surface area contributed by atoms with Crippen LogP contribution in [0, 0.1) is 0 Å². The highest BCUT2D eigenvalue weighted by atomic mass is 16.5. The predicted molar refractivity (Wildman–Crippen MR) is 87.0 cm³/mol. The number of hydrogen-bond acceptors (Lipinski definition) is 3. The molecule has 0 saturated carbocycles. The van der Waals surface area contributed by atoms with Crippen molar-refractivity contribution in [1.82, 2.24) is 10.6 Å². The van der Waals surface area contributed by atoms with E-state index in [0.717, 1.165) is 16.9 Å². The third kappa shape index (κ3) is 5.03. The normalized spacial score (nSPS) is 9.96. The average molecular weight is 313 g/mol. The Kier molecular flexibility index (Phi) is 5.57. The quantitative estimate of drug-likeness (QED) is 0.759. The fourth-order valence-corrected chi connectivity index (χ4v) is 2.04. The number of nitrogens with one attached hydrogen (secondary N) is 2. The molecule has 0 spiro atoms. The van der Waals surface area contributed by atoms with Crippen LogP contribution < -0.4 is 21.1 Å². The van der Waals surface area contributed by atoms with Gasteiger partial charge in [0.25, 0.3) is 0 Å². The van der Waals surface area contributed by atoms with Gasteiger partial charge >= 0.3 is 6.03 Å². The number of ether oxygens (including phenoxy) is 1. The Morgan fingerprint density at radius 1 is 1.00 bits per heavy atom. The lowest BCUT2D eigenvalue weighted by atomic mass is 10.1. The van der Waals surface area contributed by atoms with Crippen LogP contribution in [0.1, 0.15) is 21.5 Å². The average Bonchev–Trinajstić information content (AvgIpc) is 2.58. The highest BCUT2D eigenvalue weighted by Crippen LogP contribution is 2.12. The zero-order chi connectivity index (χ0) is 16.7. The maximum atomic E-state index is 11.8. The minimum Gasteiger partial charge on any atom is -0.497 e. The first-order chi connectivity index (χ1) is 11.1. The first kappa shape index (κ1) is 16.4. The molecule has 0 aliphatic heterocycles. The zero-order valence-corrected chi connectivity index (χ0v) is 12.8. The van der Waals surface area contributed by atoms with Crippen LogP contribution in [0.25, 0.3) is 0 Å². The minimum atomic E-state index is -0.491. The third-order valence-electron chi connectivity index (χ3n) is 3.25. The van der Waals surface area contributed by atoms with E-state index in [9.17, 15) is 9.59 Å². The minimum absolute atomic E-state index is 0.294. The van der Waals surface area contributed by atoms with E-state index in [1.165, 1.54) is 0 Å². The van der Waals surface area contributed by atoms with Crippen molar-refractivity contribution in [3.8, 4) is 5.75 Å². The largest absolute Gasteiger partial charge is 0.497 e. The monoisotopic (exact) mass is 313 g/mol. The molecular formula is C17H19N3O3. The van der Waals surface area contributed by atoms with E-state index in [1.54, 1.807) is 25.3 Å². The number of hydrogen-bond donors (Lipinski definition) is 3. The lowest BCUT2D eigenvalue weighted by Crippen LogP contribution is -2.34. The summed E-state index contributed by atoms with van der Waals surface area (Å²) in [4.78, 5) is 22.9. The smallest absolute Gasteiger partial charge is 0.315 e. The van der Waals surface area contributed by atoms with Crippen LogP contribution in [0.15, 0.2) is 48.5 Å². The number of benzene rings is 2. The molecule has 2 aromatic rings. The fourth-order valence-electron chi connectivity index (χ4n) is 2.04. The molecule has 0 heterocycles. The van der Waals surface area contributed by atoms with Crippen LogP contribution in [0.4, 0.5) is 4.79 Å². The van der Waals surface area contributed by atoms with Gasteiger partial charge in [-0.2, -0.15) is 0 Å². The van der Waals surface area contributed by atoms with Crippen molar-refractivity contribution >= 4 is 11.9 Å². The van der Waals surface area contributed by atoms with Gasteiger partial charge in [-0.05, 0) is 35.4 Å². The van der Waals surface area contributed by atoms with E-state index in [4.69, 9.17) is 10.5 Å². The molecule has 6 heteroatoms. The molecule has 0 aliphatic carbocycles. The van der Waals surface area contributed by atoms with Crippen molar-refractivity contribution in [3.63, 3.8) is 0 Å². The van der Waals surface area contributed by atoms with Crippen LogP contribution >= 0.6 is 0 Å². The lowest BCUT2D eigenvalue weighted by molar-refractivity contribution is 0.1000. The number of amides is 3. The Morgan fingerprint density at radius 2 is 1.61 bits per heavy atom. The van der Waals surface area contributed by atoms with E-state index >= 15 is 0 Å². The molecule has 6 nitrogen and oxygen atoms in total. The van der Waals surface area contributed by atoms with Crippen LogP contribution in [0.5, 0.6) is 5.75 Å². The van der Waals surface area contributed by atoms with Crippen molar-refractivity contribution < 1.29 is 14.3 Å². The highest BCUT2D eigenvalue weighted by Gasteiger charge is 2.04. The number of urea groups is 1. The molecule has 2 rings (SSSR count). The topological polar surface area (TPSA) is 93.4 Å². The number of nitrogens with two attached hydrogens (primary N) is 1. The Labute approximate surface area is 134 Å². The van der Waals surface area contributed by atoms with Gasteiger partial charge in [-0.1, -0.05) is 24.3 Å². The molecular weight excluding hydrogens is 294 g/mol. The van der Waals surface area contributed by atoms with Crippen molar-refractivity contribution in [2.45, 2.75) is 13.1 Å². The number of primary amides is 1. The number of methoxy groups -OCH3 is 1. The van der Waals surface area contributed by atoms with Crippen molar-refractivity contribution in [2.75, 3.05) is 7.11 Å². The fraction of sp³-hybridized carbons (Fsp3) is 0.176. The Morgan fingerprint density at radius 3 is 2.22 bits per heavy atom. The van der Waals surface area contributed by atoms with Crippen LogP contribution in [-0.4, -0.2) is 19.0 Å². The second kappa shape index (κ2) is 7.84. The van der Waals surface area contributed by atoms with E-state index in [2.05, 4.69) is 10.6 Å². The summed E-state index contributed by atoms with van der Waals surface area (Å²) in [6, 6.07) is 14.0. The zero-order valence-electron chi connectivity index (χ0n) is 12.8. The number of carbonyl (C=O) groups excluding carboxylic acids is 2. The standard InChI is InChI=1S/C17H19N3O3/c1-23-15-7-3-5-13(9-15)11-20-17(22)19-10-12-4-2-6-14(8-12)16(18)21/h2-9H,10-11H2,1H3,(H2,18,21)(H2,19,20,22). The molecule has 4 N–H and O–H groups in total. The SMILES string of the molecule is COc1cccc(CNC(=O)NCc2cccc(C(N)=O)c2)c1. The maximum absolute atomic E-state index is 11.8. The third-order valence-corrected chi connectivity index (χ3v) is 3.25. The van der Waals surface area contributed by atoms with Crippen molar-refractivity contribution in [2.24, 2.45) is 5.73 Å². The number of rotatable bonds is 6. The molecule has 0 fully saturated rings. The summed E-state index contributed by atoms with van der Waals surface area (Å²) in [5.41, 5.74) is 7.39. The van der Waals surface area contributed by atoms with Crippen LogP contribution in [0.3, 0.4) is 0 Å². The van der Waals surface area contributed by atoms with E-state index in [-0.39, 0.29) is 6.03 Å². The molecule has 0 unspecified atom stereocenters. The summed E-state index contributed by atoms with van der Waals surface area (Å²) in [6.45, 7) is 0.704. The molecule has 3 amide bonds. The van der Waals surface area contributed by atoms with Gasteiger partial charge in [-0.15, -0.1) is 0 Å². The van der Waals surface area contributed by atoms with Crippen molar-refractivity contribution in [3.05, 3.63) is 65.2 Å². The Bertz CT molecular complexity index is 701. The predicted octanol–water partition coefficient (Wildman–Crippen LogP) is 1.79. The van der Waals surface area contributed by atoms with Gasteiger partial charge < -0.3 is 21.1 Å². The molecule has 0 saturated heterocycles. The number of carbonyl (C=O) groups is 2. The molecule has 0 atom stereocenters. The molecule has 0 radical (unpaired) electrons. The maximum Gasteiger partial charge on any atom is 0.315 e. The van der Waals surface area contributed by atoms with E-state index in [0.29, 0.717) is 18.7 Å². The second-order valence-electron chi connectivity index (χ2n) is 4.95. The van der Waals surface area contributed by atoms with Gasteiger partial charge in [0, 0.05) is 18.7 Å². The summed E-state index contributed by atoms with van der Waals surface area (Å²) in [5, 5.41) is 5.49. The highest BCUT2D eigenvalue weighted by molar-refractivity contribution is 5.92.